The van der Waals surface area contributed by atoms with Gasteiger partial charge < -0.3 is 5.32 Å². The zero-order chi connectivity index (χ0) is 14.3. The van der Waals surface area contributed by atoms with Crippen LogP contribution in [0.3, 0.4) is 0 Å². The molecule has 20 heavy (non-hydrogen) atoms. The molecule has 2 aliphatic carbocycles. The van der Waals surface area contributed by atoms with Crippen LogP contribution in [0.15, 0.2) is 18.2 Å². The average molecular weight is 275 g/mol. The van der Waals surface area contributed by atoms with Crippen molar-refractivity contribution in [2.75, 3.05) is 0 Å². The van der Waals surface area contributed by atoms with Gasteiger partial charge in [0.1, 0.15) is 5.82 Å². The minimum atomic E-state index is -0.398. The number of fused-ring (bicyclic) bond motifs is 2. The van der Waals surface area contributed by atoms with Crippen molar-refractivity contribution in [2.24, 2.45) is 17.8 Å². The van der Waals surface area contributed by atoms with Crippen LogP contribution in [0, 0.1) is 30.5 Å². The summed E-state index contributed by atoms with van der Waals surface area (Å²) in [6, 6.07) is 5.12. The van der Waals surface area contributed by atoms with Gasteiger partial charge in [0, 0.05) is 6.04 Å². The Morgan fingerprint density at radius 3 is 2.80 bits per heavy atom. The van der Waals surface area contributed by atoms with Gasteiger partial charge in [0.2, 0.25) is 0 Å². The molecule has 2 saturated carbocycles. The predicted molar refractivity (Wildman–Crippen MR) is 77.0 cm³/mol. The van der Waals surface area contributed by atoms with Gasteiger partial charge in [-0.25, -0.2) is 4.39 Å². The average Bonchev–Trinajstić information content (AvgIpc) is 3.04. The van der Waals surface area contributed by atoms with Crippen LogP contribution in [-0.4, -0.2) is 11.9 Å². The van der Waals surface area contributed by atoms with E-state index >= 15 is 0 Å². The molecule has 0 spiro atoms. The Morgan fingerprint density at radius 2 is 2.15 bits per heavy atom. The Morgan fingerprint density at radius 1 is 1.35 bits per heavy atom. The highest BCUT2D eigenvalue weighted by Crippen LogP contribution is 2.49. The van der Waals surface area contributed by atoms with Gasteiger partial charge in [0.25, 0.3) is 5.91 Å². The second kappa shape index (κ2) is 5.19. The Labute approximate surface area is 119 Å². The van der Waals surface area contributed by atoms with Crippen LogP contribution in [0.4, 0.5) is 4.39 Å². The molecule has 1 N–H and O–H groups in total. The van der Waals surface area contributed by atoms with Crippen LogP contribution < -0.4 is 5.32 Å². The lowest BCUT2D eigenvalue weighted by Crippen LogP contribution is -2.40. The molecule has 3 rings (SSSR count). The van der Waals surface area contributed by atoms with E-state index < -0.39 is 5.82 Å². The topological polar surface area (TPSA) is 29.1 Å². The largest absolute Gasteiger partial charge is 0.349 e. The maximum absolute atomic E-state index is 14.0. The molecule has 2 bridgehead atoms. The fourth-order valence-electron chi connectivity index (χ4n) is 4.12. The Hall–Kier alpha value is -1.38. The Bertz CT molecular complexity index is 528. The minimum Gasteiger partial charge on any atom is -0.349 e. The number of rotatable bonds is 3. The van der Waals surface area contributed by atoms with Gasteiger partial charge in [-0.3, -0.25) is 4.79 Å². The Balaban J connectivity index is 1.68. The van der Waals surface area contributed by atoms with Gasteiger partial charge in [-0.1, -0.05) is 18.6 Å². The monoisotopic (exact) mass is 275 g/mol. The Kier molecular flexibility index (Phi) is 3.53. The summed E-state index contributed by atoms with van der Waals surface area (Å²) >= 11 is 0. The molecule has 0 saturated heterocycles. The van der Waals surface area contributed by atoms with Gasteiger partial charge >= 0.3 is 0 Å². The molecule has 0 radical (unpaired) electrons. The van der Waals surface area contributed by atoms with Crippen molar-refractivity contribution in [3.05, 3.63) is 35.1 Å². The maximum atomic E-state index is 14.0. The molecule has 2 fully saturated rings. The molecule has 4 unspecified atom stereocenters. The number of amides is 1. The van der Waals surface area contributed by atoms with Crippen molar-refractivity contribution >= 4 is 5.91 Å². The zero-order valence-corrected chi connectivity index (χ0v) is 12.2. The number of aryl methyl sites for hydroxylation is 1. The molecule has 4 atom stereocenters. The molecule has 3 heteroatoms. The van der Waals surface area contributed by atoms with Gasteiger partial charge in [-0.05, 0) is 62.5 Å². The van der Waals surface area contributed by atoms with E-state index in [1.54, 1.807) is 25.1 Å². The summed E-state index contributed by atoms with van der Waals surface area (Å²) in [5, 5.41) is 3.01. The smallest absolute Gasteiger partial charge is 0.254 e. The first-order chi connectivity index (χ1) is 9.56. The standard InChI is InChI=1S/C17H22FNO/c1-10-4-3-5-14(16(10)18)17(20)19-11(2)15-9-12-6-7-13(15)8-12/h3-5,11-13,15H,6-9H2,1-2H3,(H,19,20). The molecule has 1 aromatic rings. The number of carbonyl (C=O) groups is 1. The van der Waals surface area contributed by atoms with Crippen LogP contribution in [0.2, 0.25) is 0 Å². The summed E-state index contributed by atoms with van der Waals surface area (Å²) in [7, 11) is 0. The van der Waals surface area contributed by atoms with E-state index in [1.165, 1.54) is 25.7 Å². The SMILES string of the molecule is Cc1cccc(C(=O)NC(C)C2CC3CCC2C3)c1F. The highest BCUT2D eigenvalue weighted by atomic mass is 19.1. The van der Waals surface area contributed by atoms with Crippen molar-refractivity contribution < 1.29 is 9.18 Å². The summed E-state index contributed by atoms with van der Waals surface area (Å²) in [6.07, 6.45) is 5.20. The van der Waals surface area contributed by atoms with Crippen LogP contribution in [-0.2, 0) is 0 Å². The first-order valence-corrected chi connectivity index (χ1v) is 7.62. The molecule has 0 heterocycles. The number of nitrogens with one attached hydrogen (secondary N) is 1. The fourth-order valence-corrected chi connectivity index (χ4v) is 4.12. The van der Waals surface area contributed by atoms with Gasteiger partial charge in [-0.2, -0.15) is 0 Å². The lowest BCUT2D eigenvalue weighted by Gasteiger charge is -2.28. The minimum absolute atomic E-state index is 0.137. The molecule has 1 amide bonds. The van der Waals surface area contributed by atoms with E-state index in [9.17, 15) is 9.18 Å². The second-order valence-electron chi connectivity index (χ2n) is 6.54. The van der Waals surface area contributed by atoms with Crippen LogP contribution in [0.5, 0.6) is 0 Å². The van der Waals surface area contributed by atoms with E-state index in [2.05, 4.69) is 12.2 Å². The molecule has 108 valence electrons. The third-order valence-electron chi connectivity index (χ3n) is 5.23. The first-order valence-electron chi connectivity index (χ1n) is 7.62. The summed E-state index contributed by atoms with van der Waals surface area (Å²) in [4.78, 5) is 12.2. The number of hydrogen-bond acceptors (Lipinski definition) is 1. The number of halogens is 1. The third kappa shape index (κ3) is 2.34. The summed E-state index contributed by atoms with van der Waals surface area (Å²) in [5.74, 6) is 1.52. The number of hydrogen-bond donors (Lipinski definition) is 1. The van der Waals surface area contributed by atoms with Crippen LogP contribution in [0.1, 0.15) is 48.5 Å². The van der Waals surface area contributed by atoms with Crippen molar-refractivity contribution in [3.63, 3.8) is 0 Å². The van der Waals surface area contributed by atoms with Crippen molar-refractivity contribution in [1.29, 1.82) is 0 Å². The normalized spacial score (nSPS) is 29.4. The van der Waals surface area contributed by atoms with Gasteiger partial charge in [0.15, 0.2) is 0 Å². The fraction of sp³-hybridized carbons (Fsp3) is 0.588. The van der Waals surface area contributed by atoms with E-state index in [4.69, 9.17) is 0 Å². The van der Waals surface area contributed by atoms with Crippen LogP contribution >= 0.6 is 0 Å². The highest BCUT2D eigenvalue weighted by molar-refractivity contribution is 5.94. The van der Waals surface area contributed by atoms with E-state index in [-0.39, 0.29) is 17.5 Å². The number of carbonyl (C=O) groups excluding carboxylic acids is 1. The first kappa shape index (κ1) is 13.6. The van der Waals surface area contributed by atoms with Crippen molar-refractivity contribution in [1.82, 2.24) is 5.32 Å². The van der Waals surface area contributed by atoms with E-state index in [1.807, 2.05) is 0 Å². The molecule has 0 aromatic heterocycles. The van der Waals surface area contributed by atoms with Gasteiger partial charge in [0.05, 0.1) is 5.56 Å². The summed E-state index contributed by atoms with van der Waals surface area (Å²) in [5.41, 5.74) is 0.685. The highest BCUT2D eigenvalue weighted by Gasteiger charge is 2.42. The quantitative estimate of drug-likeness (QED) is 0.895. The second-order valence-corrected chi connectivity index (χ2v) is 6.54. The third-order valence-corrected chi connectivity index (χ3v) is 5.23. The molecular formula is C17H22FNO. The number of benzene rings is 1. The summed E-state index contributed by atoms with van der Waals surface area (Å²) in [6.45, 7) is 3.75. The lowest BCUT2D eigenvalue weighted by molar-refractivity contribution is 0.0911. The maximum Gasteiger partial charge on any atom is 0.254 e. The van der Waals surface area contributed by atoms with Crippen molar-refractivity contribution in [3.8, 4) is 0 Å². The zero-order valence-electron chi connectivity index (χ0n) is 12.2. The van der Waals surface area contributed by atoms with Crippen LogP contribution in [0.25, 0.3) is 0 Å². The van der Waals surface area contributed by atoms with Crippen molar-refractivity contribution in [2.45, 2.75) is 45.6 Å². The molecular weight excluding hydrogens is 253 g/mol. The molecule has 0 aliphatic heterocycles. The van der Waals surface area contributed by atoms with Gasteiger partial charge in [-0.15, -0.1) is 0 Å². The summed E-state index contributed by atoms with van der Waals surface area (Å²) < 4.78 is 14.0. The van der Waals surface area contributed by atoms with E-state index in [0.29, 0.717) is 11.5 Å². The predicted octanol–water partition coefficient (Wildman–Crippen LogP) is 3.69. The molecule has 1 aromatic carbocycles. The van der Waals surface area contributed by atoms with E-state index in [0.717, 1.165) is 11.8 Å². The molecule has 2 nitrogen and oxygen atoms in total. The molecule has 2 aliphatic rings. The lowest BCUT2D eigenvalue weighted by atomic mass is 9.84.